The highest BCUT2D eigenvalue weighted by molar-refractivity contribution is 5.84. The topological polar surface area (TPSA) is 175 Å². The monoisotopic (exact) mass is 506 g/mol. The number of aryl methyl sites for hydroxylation is 1. The number of hydrazone groups is 1. The zero-order chi connectivity index (χ0) is 26.8. The number of carbonyl (C=O) groups excluding carboxylic acids is 4. The molecule has 1 fully saturated rings. The molecule has 0 aromatic heterocycles. The number of nitrogens with zero attached hydrogens (tertiary/aromatic N) is 2. The van der Waals surface area contributed by atoms with Gasteiger partial charge in [-0.2, -0.15) is 5.10 Å². The first kappa shape index (κ1) is 28.4. The molecular weight excluding hydrogens is 476 g/mol. The quantitative estimate of drug-likeness (QED) is 0.125. The van der Waals surface area contributed by atoms with E-state index in [1.807, 2.05) is 31.2 Å². The molecule has 2 rings (SSSR count). The predicted molar refractivity (Wildman–Crippen MR) is 123 cm³/mol. The third-order valence-corrected chi connectivity index (χ3v) is 4.92. The van der Waals surface area contributed by atoms with Crippen LogP contribution in [-0.4, -0.2) is 67.0 Å². The van der Waals surface area contributed by atoms with Gasteiger partial charge in [0.1, 0.15) is 12.7 Å². The molecule has 1 aliphatic rings. The number of rotatable bonds is 9. The summed E-state index contributed by atoms with van der Waals surface area (Å²) < 4.78 is 26.9. The van der Waals surface area contributed by atoms with Gasteiger partial charge in [0.05, 0.1) is 0 Å². The summed E-state index contributed by atoms with van der Waals surface area (Å²) in [5, 5.41) is 7.54. The van der Waals surface area contributed by atoms with Crippen LogP contribution in [0.1, 0.15) is 38.8 Å². The van der Waals surface area contributed by atoms with Crippen molar-refractivity contribution in [2.24, 2.45) is 10.2 Å². The number of hydrogen-bond donors (Lipinski definition) is 2. The number of nitrogens with one attached hydrogen (secondary N) is 2. The maximum Gasteiger partial charge on any atom is 0.303 e. The Balaban J connectivity index is 2.39. The van der Waals surface area contributed by atoms with Gasteiger partial charge < -0.3 is 23.7 Å². The van der Waals surface area contributed by atoms with Crippen LogP contribution < -0.4 is 5.43 Å². The number of esters is 4. The minimum Gasteiger partial charge on any atom is -0.463 e. The van der Waals surface area contributed by atoms with Gasteiger partial charge >= 0.3 is 23.9 Å². The summed E-state index contributed by atoms with van der Waals surface area (Å²) in [6, 6.07) is 7.54. The Morgan fingerprint density at radius 3 is 1.97 bits per heavy atom. The van der Waals surface area contributed by atoms with E-state index in [4.69, 9.17) is 29.2 Å². The minimum absolute atomic E-state index is 0.0757. The van der Waals surface area contributed by atoms with Crippen LogP contribution in [0, 0.1) is 12.5 Å². The van der Waals surface area contributed by atoms with Gasteiger partial charge in [-0.3, -0.25) is 24.6 Å². The van der Waals surface area contributed by atoms with Crippen LogP contribution >= 0.6 is 0 Å². The van der Waals surface area contributed by atoms with Crippen LogP contribution in [0.4, 0.5) is 0 Å². The molecule has 196 valence electrons. The van der Waals surface area contributed by atoms with Crippen molar-refractivity contribution in [3.63, 3.8) is 0 Å². The predicted octanol–water partition coefficient (Wildman–Crippen LogP) is 1.55. The summed E-state index contributed by atoms with van der Waals surface area (Å²) >= 11 is 0. The number of amidine groups is 1. The van der Waals surface area contributed by atoms with Gasteiger partial charge in [0.25, 0.3) is 0 Å². The first-order valence-corrected chi connectivity index (χ1v) is 11.1. The van der Waals surface area contributed by atoms with E-state index >= 15 is 0 Å². The lowest BCUT2D eigenvalue weighted by molar-refractivity contribution is -0.257. The fourth-order valence-electron chi connectivity index (χ4n) is 3.46. The molecule has 1 aliphatic heterocycles. The summed E-state index contributed by atoms with van der Waals surface area (Å²) in [5.41, 5.74) is 12.0. The minimum atomic E-state index is -1.33. The second kappa shape index (κ2) is 13.3. The number of benzene rings is 1. The van der Waals surface area contributed by atoms with E-state index in [9.17, 15) is 19.2 Å². The van der Waals surface area contributed by atoms with Crippen molar-refractivity contribution in [2.45, 2.75) is 71.7 Å². The number of hydrogen-bond acceptors (Lipinski definition) is 12. The molecule has 13 heteroatoms. The highest BCUT2D eigenvalue weighted by atomic mass is 16.7. The molecule has 1 heterocycles. The van der Waals surface area contributed by atoms with E-state index in [0.29, 0.717) is 0 Å². The average Bonchev–Trinajstić information content (AvgIpc) is 2.79. The van der Waals surface area contributed by atoms with Crippen LogP contribution in [0.5, 0.6) is 0 Å². The molecule has 0 bridgehead atoms. The first-order valence-electron chi connectivity index (χ1n) is 11.1. The Labute approximate surface area is 207 Å². The molecule has 36 heavy (non-hydrogen) atoms. The van der Waals surface area contributed by atoms with Gasteiger partial charge in [-0.25, -0.2) is 5.53 Å². The van der Waals surface area contributed by atoms with Crippen LogP contribution in [0.15, 0.2) is 34.5 Å². The van der Waals surface area contributed by atoms with Gasteiger partial charge in [0, 0.05) is 34.1 Å². The van der Waals surface area contributed by atoms with E-state index < -0.39 is 54.5 Å². The lowest BCUT2D eigenvalue weighted by Gasteiger charge is -2.44. The zero-order valence-electron chi connectivity index (χ0n) is 20.7. The maximum atomic E-state index is 11.9. The van der Waals surface area contributed by atoms with Crippen molar-refractivity contribution in [3.8, 4) is 0 Å². The molecule has 0 aliphatic carbocycles. The Morgan fingerprint density at radius 2 is 1.44 bits per heavy atom. The van der Waals surface area contributed by atoms with Crippen LogP contribution in [0.2, 0.25) is 0 Å². The van der Waals surface area contributed by atoms with Gasteiger partial charge in [0.2, 0.25) is 0 Å². The summed E-state index contributed by atoms with van der Waals surface area (Å²) in [6.07, 6.45) is -6.08. The summed E-state index contributed by atoms with van der Waals surface area (Å²) in [7, 11) is 0. The molecule has 0 saturated carbocycles. The summed E-state index contributed by atoms with van der Waals surface area (Å²) in [5.74, 6) is -2.76. The molecule has 13 nitrogen and oxygen atoms in total. The molecule has 5 atom stereocenters. The lowest BCUT2D eigenvalue weighted by Crippen LogP contribution is -2.65. The second-order valence-corrected chi connectivity index (χ2v) is 8.05. The summed E-state index contributed by atoms with van der Waals surface area (Å²) in [6.45, 7) is 6.17. The highest BCUT2D eigenvalue weighted by Crippen LogP contribution is 2.28. The fourth-order valence-corrected chi connectivity index (χ4v) is 3.46. The molecule has 1 saturated heterocycles. The zero-order valence-corrected chi connectivity index (χ0v) is 20.7. The molecule has 1 aromatic carbocycles. The SMILES string of the molecule is CC(=O)OCC1OC(N/N=C(/Cc2ccc(C)cc2)N=N)C(OC(C)=O)C(OC(C)=O)C1OC(C)=O. The Bertz CT molecular complexity index is 996. The highest BCUT2D eigenvalue weighted by Gasteiger charge is 2.52. The largest absolute Gasteiger partial charge is 0.463 e. The molecule has 2 N–H and O–H groups in total. The average molecular weight is 507 g/mol. The van der Waals surface area contributed by atoms with Crippen molar-refractivity contribution in [2.75, 3.05) is 6.61 Å². The normalized spacial score (nSPS) is 23.7. The van der Waals surface area contributed by atoms with Gasteiger partial charge in [-0.15, -0.1) is 5.11 Å². The third kappa shape index (κ3) is 8.73. The molecule has 1 aromatic rings. The van der Waals surface area contributed by atoms with Crippen molar-refractivity contribution < 1.29 is 42.9 Å². The fraction of sp³-hybridized carbons (Fsp3) is 0.522. The third-order valence-electron chi connectivity index (χ3n) is 4.92. The molecular formula is C23H30N4O9. The summed E-state index contributed by atoms with van der Waals surface area (Å²) in [4.78, 5) is 46.9. The molecule has 0 spiro atoms. The van der Waals surface area contributed by atoms with Crippen molar-refractivity contribution >= 4 is 29.7 Å². The van der Waals surface area contributed by atoms with Crippen LogP contribution in [0.3, 0.4) is 0 Å². The van der Waals surface area contributed by atoms with Crippen LogP contribution in [-0.2, 0) is 49.3 Å². The van der Waals surface area contributed by atoms with Gasteiger partial charge in [0.15, 0.2) is 30.4 Å². The smallest absolute Gasteiger partial charge is 0.303 e. The van der Waals surface area contributed by atoms with Crippen molar-refractivity contribution in [3.05, 3.63) is 35.4 Å². The Kier molecular flexibility index (Phi) is 10.5. The molecule has 0 radical (unpaired) electrons. The standard InChI is InChI=1S/C23H30N4O9/c1-12-6-8-17(9-7-12)10-19(25-24)26-27-23-22(35-16(5)31)21(34-15(4)30)20(33-14(3)29)18(36-23)11-32-13(2)28/h6-9,18,20-24,27H,10-11H2,1-5H3/b25-24?,26-19-. The Morgan fingerprint density at radius 1 is 0.889 bits per heavy atom. The lowest BCUT2D eigenvalue weighted by atomic mass is 9.97. The van der Waals surface area contributed by atoms with E-state index in [-0.39, 0.29) is 18.9 Å². The first-order chi connectivity index (χ1) is 17.0. The Hall–Kier alpha value is -3.87. The van der Waals surface area contributed by atoms with Crippen molar-refractivity contribution in [1.29, 1.82) is 5.53 Å². The van der Waals surface area contributed by atoms with E-state index in [1.54, 1.807) is 0 Å². The van der Waals surface area contributed by atoms with Crippen LogP contribution in [0.25, 0.3) is 0 Å². The molecule has 0 amide bonds. The number of ether oxygens (including phenoxy) is 5. The van der Waals surface area contributed by atoms with E-state index in [2.05, 4.69) is 15.6 Å². The van der Waals surface area contributed by atoms with Crippen molar-refractivity contribution in [1.82, 2.24) is 5.43 Å². The van der Waals surface area contributed by atoms with Gasteiger partial charge in [-0.1, -0.05) is 29.8 Å². The van der Waals surface area contributed by atoms with E-state index in [1.165, 1.54) is 6.92 Å². The maximum absolute atomic E-state index is 11.9. The van der Waals surface area contributed by atoms with Gasteiger partial charge in [-0.05, 0) is 12.5 Å². The molecule has 5 unspecified atom stereocenters. The van der Waals surface area contributed by atoms with E-state index in [0.717, 1.165) is 31.9 Å². The number of carbonyl (C=O) groups is 4. The second-order valence-electron chi connectivity index (χ2n) is 8.05.